The second-order valence-electron chi connectivity index (χ2n) is 9.71. The average Bonchev–Trinajstić information content (AvgIpc) is 3.44. The largest absolute Gasteiger partial charge is 0.334 e. The number of hydrogen-bond acceptors (Lipinski definition) is 5. The van der Waals surface area contributed by atoms with Crippen LogP contribution in [0.25, 0.3) is 11.0 Å². The first-order valence-electron chi connectivity index (χ1n) is 12.1. The molecular formula is C27H31N5O2. The molecule has 3 aromatic rings. The van der Waals surface area contributed by atoms with Crippen LogP contribution in [-0.4, -0.2) is 57.7 Å². The number of fused-ring (bicyclic) bond motifs is 2. The van der Waals surface area contributed by atoms with E-state index in [2.05, 4.69) is 64.9 Å². The van der Waals surface area contributed by atoms with Crippen molar-refractivity contribution >= 4 is 22.7 Å². The fourth-order valence-electron chi connectivity index (χ4n) is 5.17. The zero-order chi connectivity index (χ0) is 23.7. The number of carbonyl (C=O) groups is 2. The summed E-state index contributed by atoms with van der Waals surface area (Å²) in [7, 11) is 0. The van der Waals surface area contributed by atoms with Crippen molar-refractivity contribution in [2.24, 2.45) is 5.92 Å². The van der Waals surface area contributed by atoms with E-state index in [1.165, 1.54) is 16.7 Å². The minimum absolute atomic E-state index is 0.00955. The molecule has 0 radical (unpaired) electrons. The van der Waals surface area contributed by atoms with Crippen LogP contribution in [0, 0.1) is 5.92 Å². The number of aryl methyl sites for hydroxylation is 1. The number of amides is 1. The van der Waals surface area contributed by atoms with E-state index in [0.717, 1.165) is 18.5 Å². The van der Waals surface area contributed by atoms with Gasteiger partial charge in [0, 0.05) is 37.5 Å². The quantitative estimate of drug-likeness (QED) is 0.552. The number of Topliss-reactive ketones (excluding diaryl/α,β-unsaturated/α-hetero) is 1. The second kappa shape index (κ2) is 9.50. The molecule has 1 unspecified atom stereocenters. The van der Waals surface area contributed by atoms with Gasteiger partial charge in [-0.25, -0.2) is 0 Å². The number of nitrogens with zero attached hydrogens (tertiary/aromatic N) is 3. The molecule has 1 aromatic heterocycles. The number of aromatic nitrogens is 3. The first-order chi connectivity index (χ1) is 16.5. The Morgan fingerprint density at radius 3 is 2.79 bits per heavy atom. The highest BCUT2D eigenvalue weighted by Crippen LogP contribution is 2.28. The van der Waals surface area contributed by atoms with Crippen molar-refractivity contribution in [3.63, 3.8) is 0 Å². The number of hydrogen-bond donors (Lipinski definition) is 2. The Kier molecular flexibility index (Phi) is 6.28. The summed E-state index contributed by atoms with van der Waals surface area (Å²) in [5.41, 5.74) is 5.92. The highest BCUT2D eigenvalue weighted by Gasteiger charge is 2.34. The number of nitrogens with one attached hydrogen (secondary N) is 2. The molecule has 7 nitrogen and oxygen atoms in total. The molecule has 1 saturated heterocycles. The Morgan fingerprint density at radius 1 is 1.12 bits per heavy atom. The fraction of sp³-hybridized carbons (Fsp3) is 0.407. The number of aromatic amines is 1. The van der Waals surface area contributed by atoms with Crippen LogP contribution in [0.15, 0.2) is 54.1 Å². The van der Waals surface area contributed by atoms with E-state index >= 15 is 0 Å². The number of ketones is 1. The predicted molar refractivity (Wildman–Crippen MR) is 132 cm³/mol. The Balaban J connectivity index is 1.20. The Morgan fingerprint density at radius 2 is 1.94 bits per heavy atom. The molecule has 1 amide bonds. The first-order valence-corrected chi connectivity index (χ1v) is 12.1. The molecular weight excluding hydrogens is 426 g/mol. The Hall–Kier alpha value is -3.32. The topological polar surface area (TPSA) is 91.0 Å². The van der Waals surface area contributed by atoms with Crippen molar-refractivity contribution in [1.29, 1.82) is 0 Å². The van der Waals surface area contributed by atoms with Gasteiger partial charge < -0.3 is 10.2 Å². The lowest BCUT2D eigenvalue weighted by molar-refractivity contribution is -0.121. The van der Waals surface area contributed by atoms with E-state index in [-0.39, 0.29) is 23.7 Å². The number of H-pyrrole nitrogens is 1. The minimum atomic E-state index is -0.150. The van der Waals surface area contributed by atoms with Crippen molar-refractivity contribution in [2.75, 3.05) is 19.6 Å². The van der Waals surface area contributed by atoms with Crippen molar-refractivity contribution < 1.29 is 9.59 Å². The lowest BCUT2D eigenvalue weighted by Crippen LogP contribution is -2.39. The van der Waals surface area contributed by atoms with Gasteiger partial charge >= 0.3 is 0 Å². The van der Waals surface area contributed by atoms with E-state index in [0.29, 0.717) is 42.9 Å². The number of benzene rings is 2. The van der Waals surface area contributed by atoms with Crippen LogP contribution in [0.3, 0.4) is 0 Å². The lowest BCUT2D eigenvalue weighted by atomic mass is 9.93. The summed E-state index contributed by atoms with van der Waals surface area (Å²) >= 11 is 0. The van der Waals surface area contributed by atoms with Gasteiger partial charge in [0.2, 0.25) is 0 Å². The van der Waals surface area contributed by atoms with Crippen molar-refractivity contribution in [3.8, 4) is 0 Å². The zero-order valence-corrected chi connectivity index (χ0v) is 19.8. The molecule has 5 rings (SSSR count). The first kappa shape index (κ1) is 22.5. The SMILES string of the molecule is CC(C)c1ccccc1CCC(=O)C1CC=C2CN(C(=O)c3ccc4n[nH]nc4c3)C[C@@H]2CN1. The van der Waals surface area contributed by atoms with Gasteiger partial charge in [0.15, 0.2) is 0 Å². The van der Waals surface area contributed by atoms with Crippen molar-refractivity contribution in [1.82, 2.24) is 25.6 Å². The molecule has 0 saturated carbocycles. The monoisotopic (exact) mass is 457 g/mol. The number of rotatable bonds is 6. The summed E-state index contributed by atoms with van der Waals surface area (Å²) < 4.78 is 0. The Labute approximate surface area is 199 Å². The molecule has 0 bridgehead atoms. The lowest BCUT2D eigenvalue weighted by Gasteiger charge is -2.19. The van der Waals surface area contributed by atoms with Gasteiger partial charge in [0.25, 0.3) is 5.91 Å². The van der Waals surface area contributed by atoms with Crippen LogP contribution >= 0.6 is 0 Å². The van der Waals surface area contributed by atoms with Gasteiger partial charge in [0.05, 0.1) is 6.04 Å². The molecule has 0 aliphatic carbocycles. The third-order valence-corrected chi connectivity index (χ3v) is 7.12. The molecule has 176 valence electrons. The van der Waals surface area contributed by atoms with Gasteiger partial charge in [-0.2, -0.15) is 15.4 Å². The third-order valence-electron chi connectivity index (χ3n) is 7.12. The summed E-state index contributed by atoms with van der Waals surface area (Å²) in [6.07, 6.45) is 4.20. The van der Waals surface area contributed by atoms with E-state index in [1.807, 2.05) is 11.0 Å². The summed E-state index contributed by atoms with van der Waals surface area (Å²) in [6.45, 7) is 6.39. The molecule has 2 aromatic carbocycles. The van der Waals surface area contributed by atoms with Crippen LogP contribution in [0.2, 0.25) is 0 Å². The normalized spacial score (nSPS) is 20.3. The van der Waals surface area contributed by atoms with E-state index < -0.39 is 0 Å². The maximum Gasteiger partial charge on any atom is 0.254 e. The van der Waals surface area contributed by atoms with Crippen LogP contribution in [-0.2, 0) is 11.2 Å². The fourth-order valence-corrected chi connectivity index (χ4v) is 5.17. The average molecular weight is 458 g/mol. The molecule has 3 heterocycles. The molecule has 2 N–H and O–H groups in total. The highest BCUT2D eigenvalue weighted by atomic mass is 16.2. The van der Waals surface area contributed by atoms with Crippen LogP contribution < -0.4 is 5.32 Å². The van der Waals surface area contributed by atoms with Crippen LogP contribution in [0.4, 0.5) is 0 Å². The van der Waals surface area contributed by atoms with E-state index in [4.69, 9.17) is 0 Å². The molecule has 7 heteroatoms. The van der Waals surface area contributed by atoms with E-state index in [1.54, 1.807) is 12.1 Å². The maximum atomic E-state index is 13.1. The minimum Gasteiger partial charge on any atom is -0.334 e. The summed E-state index contributed by atoms with van der Waals surface area (Å²) in [4.78, 5) is 28.0. The molecule has 0 spiro atoms. The third kappa shape index (κ3) is 4.53. The molecule has 2 atom stereocenters. The van der Waals surface area contributed by atoms with Gasteiger partial charge in [-0.15, -0.1) is 0 Å². The molecule has 34 heavy (non-hydrogen) atoms. The summed E-state index contributed by atoms with van der Waals surface area (Å²) in [5, 5.41) is 14.2. The second-order valence-corrected chi connectivity index (χ2v) is 9.71. The van der Waals surface area contributed by atoms with Crippen molar-refractivity contribution in [2.45, 2.75) is 45.1 Å². The molecule has 2 aliphatic rings. The van der Waals surface area contributed by atoms with Gasteiger partial charge in [-0.05, 0) is 53.7 Å². The molecule has 1 fully saturated rings. The number of likely N-dealkylation sites (tertiary alicyclic amines) is 1. The predicted octanol–water partition coefficient (Wildman–Crippen LogP) is 3.64. The molecule has 2 aliphatic heterocycles. The highest BCUT2D eigenvalue weighted by molar-refractivity contribution is 5.97. The standard InChI is InChI=1S/C27H31N5O2/c1-17(2)22-6-4-3-5-18(22)9-12-26(33)24-11-8-20-15-32(16-21(20)14-28-24)27(34)19-7-10-23-25(13-19)30-31-29-23/h3-8,10,13,17,21,24,28H,9,11-12,14-16H2,1-2H3,(H,29,30,31)/t21-,24?/m0/s1. The summed E-state index contributed by atoms with van der Waals surface area (Å²) in [6, 6.07) is 13.7. The Bertz CT molecular complexity index is 1240. The summed E-state index contributed by atoms with van der Waals surface area (Å²) in [5.74, 6) is 0.980. The van der Waals surface area contributed by atoms with E-state index in [9.17, 15) is 9.59 Å². The van der Waals surface area contributed by atoms with Gasteiger partial charge in [-0.3, -0.25) is 9.59 Å². The maximum absolute atomic E-state index is 13.1. The zero-order valence-electron chi connectivity index (χ0n) is 19.8. The number of carbonyl (C=O) groups excluding carboxylic acids is 2. The van der Waals surface area contributed by atoms with Crippen LogP contribution in [0.1, 0.15) is 54.1 Å². The van der Waals surface area contributed by atoms with Crippen LogP contribution in [0.5, 0.6) is 0 Å². The van der Waals surface area contributed by atoms with Crippen molar-refractivity contribution in [3.05, 3.63) is 70.8 Å². The van der Waals surface area contributed by atoms with Gasteiger partial charge in [-0.1, -0.05) is 44.2 Å². The van der Waals surface area contributed by atoms with Gasteiger partial charge in [0.1, 0.15) is 16.8 Å². The smallest absolute Gasteiger partial charge is 0.254 e.